The number of fused-ring (bicyclic) bond motifs is 1. The zero-order valence-electron chi connectivity index (χ0n) is 17.3. The third-order valence-corrected chi connectivity index (χ3v) is 5.93. The molecule has 7 nitrogen and oxygen atoms in total. The number of rotatable bonds is 4. The van der Waals surface area contributed by atoms with Gasteiger partial charge in [0.1, 0.15) is 6.54 Å². The zero-order valence-corrected chi connectivity index (χ0v) is 17.3. The number of nitrogens with zero attached hydrogens (tertiary/aromatic N) is 5. The fraction of sp³-hybridized carbons (Fsp3) is 0.409. The van der Waals surface area contributed by atoms with Gasteiger partial charge >= 0.3 is 0 Å². The van der Waals surface area contributed by atoms with Crippen LogP contribution in [0.1, 0.15) is 17.0 Å². The topological polar surface area (TPSA) is 63.4 Å². The van der Waals surface area contributed by atoms with Gasteiger partial charge in [-0.15, -0.1) is 0 Å². The Labute approximate surface area is 170 Å². The number of aromatic nitrogens is 3. The molecule has 3 heterocycles. The number of aryl methyl sites for hydroxylation is 2. The van der Waals surface area contributed by atoms with Gasteiger partial charge in [-0.3, -0.25) is 9.59 Å². The lowest BCUT2D eigenvalue weighted by molar-refractivity contribution is -0.133. The predicted octanol–water partition coefficient (Wildman–Crippen LogP) is 1.64. The minimum atomic E-state index is -0.197. The van der Waals surface area contributed by atoms with E-state index in [9.17, 15) is 9.59 Å². The SMILES string of the molecule is Cc1c2cnn(CC(=O)N3CCN(C)CC3)c(=O)c2c(C)n1Cc1ccccc1. The zero-order chi connectivity index (χ0) is 20.5. The Kier molecular flexibility index (Phi) is 5.24. The van der Waals surface area contributed by atoms with E-state index in [0.717, 1.165) is 29.9 Å². The minimum absolute atomic E-state index is 0.0131. The summed E-state index contributed by atoms with van der Waals surface area (Å²) in [4.78, 5) is 29.8. The third-order valence-electron chi connectivity index (χ3n) is 5.93. The molecule has 0 aliphatic carbocycles. The van der Waals surface area contributed by atoms with Crippen LogP contribution in [0.4, 0.5) is 0 Å². The quantitative estimate of drug-likeness (QED) is 0.676. The highest BCUT2D eigenvalue weighted by Crippen LogP contribution is 2.23. The molecule has 1 amide bonds. The Bertz CT molecular complexity index is 1090. The molecule has 0 spiro atoms. The summed E-state index contributed by atoms with van der Waals surface area (Å²) in [5.41, 5.74) is 2.91. The fourth-order valence-corrected chi connectivity index (χ4v) is 4.04. The van der Waals surface area contributed by atoms with Crippen molar-refractivity contribution in [3.63, 3.8) is 0 Å². The number of hydrogen-bond acceptors (Lipinski definition) is 4. The number of piperazine rings is 1. The van der Waals surface area contributed by atoms with Crippen LogP contribution in [0.15, 0.2) is 41.3 Å². The average molecular weight is 393 g/mol. The van der Waals surface area contributed by atoms with Gasteiger partial charge in [0.05, 0.1) is 11.6 Å². The number of hydrogen-bond donors (Lipinski definition) is 0. The summed E-state index contributed by atoms with van der Waals surface area (Å²) in [6, 6.07) is 10.2. The second-order valence-electron chi connectivity index (χ2n) is 7.82. The van der Waals surface area contributed by atoms with Crippen LogP contribution in [0.3, 0.4) is 0 Å². The summed E-state index contributed by atoms with van der Waals surface area (Å²) in [6.07, 6.45) is 1.72. The molecule has 29 heavy (non-hydrogen) atoms. The first kappa shape index (κ1) is 19.4. The van der Waals surface area contributed by atoms with E-state index >= 15 is 0 Å². The smallest absolute Gasteiger partial charge is 0.276 e. The molecule has 2 aromatic heterocycles. The molecular weight excluding hydrogens is 366 g/mol. The highest BCUT2D eigenvalue weighted by Gasteiger charge is 2.22. The second-order valence-corrected chi connectivity index (χ2v) is 7.82. The highest BCUT2D eigenvalue weighted by atomic mass is 16.2. The molecule has 0 bridgehead atoms. The molecule has 0 atom stereocenters. The van der Waals surface area contributed by atoms with Crippen LogP contribution in [0.25, 0.3) is 10.8 Å². The molecular formula is C22H27N5O2. The van der Waals surface area contributed by atoms with Crippen molar-refractivity contribution in [2.24, 2.45) is 0 Å². The van der Waals surface area contributed by atoms with Crippen molar-refractivity contribution < 1.29 is 4.79 Å². The Morgan fingerprint density at radius 3 is 2.41 bits per heavy atom. The molecule has 0 unspecified atom stereocenters. The maximum atomic E-state index is 13.1. The van der Waals surface area contributed by atoms with Crippen molar-refractivity contribution in [2.75, 3.05) is 33.2 Å². The number of likely N-dealkylation sites (N-methyl/N-ethyl adjacent to an activating group) is 1. The summed E-state index contributed by atoms with van der Waals surface area (Å²) in [5.74, 6) is -0.0508. The van der Waals surface area contributed by atoms with E-state index in [1.165, 1.54) is 10.2 Å². The number of benzene rings is 1. The lowest BCUT2D eigenvalue weighted by Gasteiger charge is -2.32. The third kappa shape index (κ3) is 3.70. The van der Waals surface area contributed by atoms with Crippen molar-refractivity contribution in [3.8, 4) is 0 Å². The van der Waals surface area contributed by atoms with Gasteiger partial charge in [0.25, 0.3) is 5.56 Å². The first-order valence-corrected chi connectivity index (χ1v) is 10.0. The summed E-state index contributed by atoms with van der Waals surface area (Å²) in [5, 5.41) is 5.82. The Morgan fingerprint density at radius 2 is 1.72 bits per heavy atom. The highest BCUT2D eigenvalue weighted by molar-refractivity contribution is 5.87. The van der Waals surface area contributed by atoms with Crippen LogP contribution in [0, 0.1) is 13.8 Å². The first-order valence-electron chi connectivity index (χ1n) is 10.0. The number of carbonyl (C=O) groups is 1. The fourth-order valence-electron chi connectivity index (χ4n) is 4.04. The van der Waals surface area contributed by atoms with Crippen molar-refractivity contribution in [1.29, 1.82) is 0 Å². The standard InChI is InChI=1S/C22H27N5O2/c1-16-19-13-23-27(15-20(28)25-11-9-24(3)10-12-25)22(29)21(19)17(2)26(16)14-18-7-5-4-6-8-18/h4-8,13H,9-12,14-15H2,1-3H3. The molecule has 1 saturated heterocycles. The van der Waals surface area contributed by atoms with Crippen LogP contribution in [-0.2, 0) is 17.9 Å². The average Bonchev–Trinajstić information content (AvgIpc) is 2.96. The van der Waals surface area contributed by atoms with E-state index in [1.54, 1.807) is 6.20 Å². The normalized spacial score (nSPS) is 15.2. The molecule has 4 rings (SSSR count). The van der Waals surface area contributed by atoms with Crippen molar-refractivity contribution >= 4 is 16.7 Å². The van der Waals surface area contributed by atoms with Crippen LogP contribution < -0.4 is 5.56 Å². The minimum Gasteiger partial charge on any atom is -0.343 e. The van der Waals surface area contributed by atoms with Gasteiger partial charge in [-0.25, -0.2) is 4.68 Å². The Hall–Kier alpha value is -2.93. The summed E-state index contributed by atoms with van der Waals surface area (Å²) < 4.78 is 3.46. The van der Waals surface area contributed by atoms with Gasteiger partial charge in [-0.1, -0.05) is 30.3 Å². The van der Waals surface area contributed by atoms with E-state index in [-0.39, 0.29) is 18.0 Å². The Morgan fingerprint density at radius 1 is 1.03 bits per heavy atom. The number of carbonyl (C=O) groups excluding carboxylic acids is 1. The largest absolute Gasteiger partial charge is 0.343 e. The van der Waals surface area contributed by atoms with E-state index in [2.05, 4.69) is 26.7 Å². The lowest BCUT2D eigenvalue weighted by atomic mass is 10.2. The van der Waals surface area contributed by atoms with E-state index in [0.29, 0.717) is 25.0 Å². The first-order chi connectivity index (χ1) is 14.0. The van der Waals surface area contributed by atoms with Gasteiger partial charge in [0.2, 0.25) is 5.91 Å². The van der Waals surface area contributed by atoms with E-state index < -0.39 is 0 Å². The molecule has 3 aromatic rings. The summed E-state index contributed by atoms with van der Waals surface area (Å²) in [7, 11) is 2.05. The number of amides is 1. The Balaban J connectivity index is 1.64. The van der Waals surface area contributed by atoms with Crippen molar-refractivity contribution in [3.05, 3.63) is 63.8 Å². The van der Waals surface area contributed by atoms with Crippen molar-refractivity contribution in [2.45, 2.75) is 26.9 Å². The molecule has 1 fully saturated rings. The monoisotopic (exact) mass is 393 g/mol. The summed E-state index contributed by atoms with van der Waals surface area (Å²) in [6.45, 7) is 7.76. The lowest BCUT2D eigenvalue weighted by Crippen LogP contribution is -2.48. The molecule has 1 aromatic carbocycles. The van der Waals surface area contributed by atoms with Gasteiger partial charge in [-0.05, 0) is 26.5 Å². The molecule has 0 saturated carbocycles. The molecule has 1 aliphatic rings. The van der Waals surface area contributed by atoms with Gasteiger partial charge in [0.15, 0.2) is 0 Å². The van der Waals surface area contributed by atoms with Gasteiger partial charge < -0.3 is 14.4 Å². The van der Waals surface area contributed by atoms with Crippen molar-refractivity contribution in [1.82, 2.24) is 24.1 Å². The van der Waals surface area contributed by atoms with Gasteiger partial charge in [-0.2, -0.15) is 5.10 Å². The predicted molar refractivity (Wildman–Crippen MR) is 113 cm³/mol. The maximum Gasteiger partial charge on any atom is 0.276 e. The van der Waals surface area contributed by atoms with Crippen LogP contribution >= 0.6 is 0 Å². The van der Waals surface area contributed by atoms with E-state index in [4.69, 9.17) is 0 Å². The van der Waals surface area contributed by atoms with Crippen LogP contribution in [0.2, 0.25) is 0 Å². The second kappa shape index (κ2) is 7.83. The molecule has 152 valence electrons. The molecule has 0 radical (unpaired) electrons. The molecule has 7 heteroatoms. The van der Waals surface area contributed by atoms with Crippen LogP contribution in [-0.4, -0.2) is 63.3 Å². The summed E-state index contributed by atoms with van der Waals surface area (Å²) >= 11 is 0. The van der Waals surface area contributed by atoms with Crippen LogP contribution in [0.5, 0.6) is 0 Å². The molecule has 0 N–H and O–H groups in total. The van der Waals surface area contributed by atoms with Gasteiger partial charge in [0, 0.05) is 49.5 Å². The van der Waals surface area contributed by atoms with E-state index in [1.807, 2.05) is 44.0 Å². The molecule has 1 aliphatic heterocycles. The maximum absolute atomic E-state index is 13.1.